The lowest BCUT2D eigenvalue weighted by atomic mass is 10.2. The summed E-state index contributed by atoms with van der Waals surface area (Å²) in [6.07, 6.45) is 1.61. The largest absolute Gasteiger partial charge is 0.489 e. The Hall–Kier alpha value is -2.36. The third-order valence-electron chi connectivity index (χ3n) is 2.25. The van der Waals surface area contributed by atoms with E-state index in [4.69, 9.17) is 9.84 Å². The van der Waals surface area contributed by atoms with Gasteiger partial charge in [-0.25, -0.2) is 9.78 Å². The summed E-state index contributed by atoms with van der Waals surface area (Å²) in [4.78, 5) is 15.0. The molecule has 0 fully saturated rings. The van der Waals surface area contributed by atoms with Crippen LogP contribution in [0, 0.1) is 0 Å². The van der Waals surface area contributed by atoms with Gasteiger partial charge in [-0.15, -0.1) is 0 Å². The van der Waals surface area contributed by atoms with E-state index < -0.39 is 5.97 Å². The molecule has 0 aliphatic heterocycles. The summed E-state index contributed by atoms with van der Waals surface area (Å²) in [5.41, 5.74) is 0.578. The summed E-state index contributed by atoms with van der Waals surface area (Å²) < 4.78 is 5.44. The number of hydrogen-bond acceptors (Lipinski definition) is 3. The van der Waals surface area contributed by atoms with Gasteiger partial charge < -0.3 is 9.84 Å². The predicted molar refractivity (Wildman–Crippen MR) is 64.4 cm³/mol. The first-order valence-corrected chi connectivity index (χ1v) is 5.09. The third-order valence-corrected chi connectivity index (χ3v) is 2.25. The van der Waals surface area contributed by atoms with Gasteiger partial charge in [0.25, 0.3) is 0 Å². The Morgan fingerprint density at radius 2 is 2.24 bits per heavy atom. The number of carboxylic acids is 1. The summed E-state index contributed by atoms with van der Waals surface area (Å²) in [6.45, 7) is 3.88. The van der Waals surface area contributed by atoms with Crippen LogP contribution < -0.4 is 4.74 Å². The van der Waals surface area contributed by atoms with Crippen molar-refractivity contribution in [1.82, 2.24) is 4.98 Å². The van der Waals surface area contributed by atoms with Gasteiger partial charge in [-0.1, -0.05) is 24.8 Å². The summed E-state index contributed by atoms with van der Waals surface area (Å²) in [5, 5.41) is 9.75. The minimum Gasteiger partial charge on any atom is -0.489 e. The van der Waals surface area contributed by atoms with Gasteiger partial charge in [-0.05, 0) is 12.1 Å². The lowest BCUT2D eigenvalue weighted by Gasteiger charge is -2.08. The van der Waals surface area contributed by atoms with Gasteiger partial charge in [-0.2, -0.15) is 0 Å². The summed E-state index contributed by atoms with van der Waals surface area (Å²) in [7, 11) is 0. The van der Waals surface area contributed by atoms with Crippen molar-refractivity contribution >= 4 is 16.9 Å². The van der Waals surface area contributed by atoms with Crippen molar-refractivity contribution in [3.8, 4) is 5.75 Å². The molecule has 1 N–H and O–H groups in total. The quantitative estimate of drug-likeness (QED) is 0.818. The Kier molecular flexibility index (Phi) is 3.05. The number of pyridine rings is 1. The molecule has 0 saturated carbocycles. The normalized spacial score (nSPS) is 10.1. The van der Waals surface area contributed by atoms with E-state index >= 15 is 0 Å². The molecule has 0 saturated heterocycles. The van der Waals surface area contributed by atoms with E-state index in [2.05, 4.69) is 11.6 Å². The Balaban J connectivity index is 2.60. The fourth-order valence-electron chi connectivity index (χ4n) is 1.52. The number of benzene rings is 1. The van der Waals surface area contributed by atoms with Crippen LogP contribution in [0.2, 0.25) is 0 Å². The fourth-order valence-corrected chi connectivity index (χ4v) is 1.52. The molecule has 2 aromatic rings. The van der Waals surface area contributed by atoms with Crippen molar-refractivity contribution in [2.45, 2.75) is 0 Å². The highest BCUT2D eigenvalue weighted by molar-refractivity contribution is 5.93. The molecule has 1 aromatic carbocycles. The molecular weight excluding hydrogens is 218 g/mol. The fraction of sp³-hybridized carbons (Fsp3) is 0.0769. The van der Waals surface area contributed by atoms with Crippen molar-refractivity contribution < 1.29 is 14.6 Å². The molecule has 17 heavy (non-hydrogen) atoms. The summed E-state index contributed by atoms with van der Waals surface area (Å²) in [5.74, 6) is -0.563. The zero-order valence-corrected chi connectivity index (χ0v) is 9.09. The van der Waals surface area contributed by atoms with Crippen LogP contribution in [-0.4, -0.2) is 22.7 Å². The number of ether oxygens (including phenoxy) is 1. The predicted octanol–water partition coefficient (Wildman–Crippen LogP) is 2.50. The van der Waals surface area contributed by atoms with Crippen molar-refractivity contribution in [2.75, 3.05) is 6.61 Å². The number of carbonyl (C=O) groups is 1. The maximum absolute atomic E-state index is 10.9. The van der Waals surface area contributed by atoms with Crippen LogP contribution in [0.3, 0.4) is 0 Å². The maximum Gasteiger partial charge on any atom is 0.354 e. The molecule has 4 nitrogen and oxygen atoms in total. The number of hydrogen-bond donors (Lipinski definition) is 1. The molecule has 0 atom stereocenters. The lowest BCUT2D eigenvalue weighted by Crippen LogP contribution is -2.03. The van der Waals surface area contributed by atoms with Crippen molar-refractivity contribution in [3.05, 3.63) is 48.7 Å². The van der Waals surface area contributed by atoms with Crippen molar-refractivity contribution in [1.29, 1.82) is 0 Å². The van der Waals surface area contributed by atoms with Crippen LogP contribution in [0.15, 0.2) is 43.0 Å². The van der Waals surface area contributed by atoms with Crippen LogP contribution in [0.4, 0.5) is 0 Å². The molecule has 86 valence electrons. The van der Waals surface area contributed by atoms with E-state index in [0.717, 1.165) is 5.39 Å². The average Bonchev–Trinajstić information content (AvgIpc) is 2.35. The van der Waals surface area contributed by atoms with E-state index in [1.165, 1.54) is 6.07 Å². The lowest BCUT2D eigenvalue weighted by molar-refractivity contribution is 0.0690. The second-order valence-electron chi connectivity index (χ2n) is 3.43. The highest BCUT2D eigenvalue weighted by atomic mass is 16.5. The zero-order chi connectivity index (χ0) is 12.3. The summed E-state index contributed by atoms with van der Waals surface area (Å²) in [6, 6.07) is 8.67. The first-order valence-electron chi connectivity index (χ1n) is 5.09. The number of para-hydroxylation sites is 1. The first-order chi connectivity index (χ1) is 8.22. The zero-order valence-electron chi connectivity index (χ0n) is 9.09. The van der Waals surface area contributed by atoms with Crippen molar-refractivity contribution in [3.63, 3.8) is 0 Å². The molecular formula is C13H11NO3. The molecule has 1 heterocycles. The van der Waals surface area contributed by atoms with Gasteiger partial charge in [-0.3, -0.25) is 0 Å². The molecule has 0 radical (unpaired) electrons. The Labute approximate surface area is 98.2 Å². The molecule has 2 rings (SSSR count). The first kappa shape index (κ1) is 11.1. The van der Waals surface area contributed by atoms with Crippen LogP contribution in [-0.2, 0) is 0 Å². The highest BCUT2D eigenvalue weighted by Crippen LogP contribution is 2.25. The Morgan fingerprint density at radius 1 is 1.47 bits per heavy atom. The minimum atomic E-state index is -1.07. The van der Waals surface area contributed by atoms with Crippen molar-refractivity contribution in [2.24, 2.45) is 0 Å². The monoisotopic (exact) mass is 229 g/mol. The second-order valence-corrected chi connectivity index (χ2v) is 3.43. The Bertz CT molecular complexity index is 578. The average molecular weight is 229 g/mol. The van der Waals surface area contributed by atoms with Crippen LogP contribution in [0.1, 0.15) is 10.5 Å². The van der Waals surface area contributed by atoms with Crippen LogP contribution >= 0.6 is 0 Å². The third kappa shape index (κ3) is 2.25. The minimum absolute atomic E-state index is 0.0252. The second kappa shape index (κ2) is 4.65. The van der Waals surface area contributed by atoms with Gasteiger partial charge in [0.05, 0.1) is 5.52 Å². The molecule has 0 unspecified atom stereocenters. The molecule has 0 amide bonds. The van der Waals surface area contributed by atoms with Gasteiger partial charge in [0.2, 0.25) is 0 Å². The number of aromatic carboxylic acids is 1. The number of fused-ring (bicyclic) bond motifs is 1. The highest BCUT2D eigenvalue weighted by Gasteiger charge is 2.10. The maximum atomic E-state index is 10.9. The molecule has 0 bridgehead atoms. The van der Waals surface area contributed by atoms with Crippen LogP contribution in [0.5, 0.6) is 5.75 Å². The van der Waals surface area contributed by atoms with E-state index in [1.807, 2.05) is 12.1 Å². The van der Waals surface area contributed by atoms with Crippen LogP contribution in [0.25, 0.3) is 10.9 Å². The molecule has 0 spiro atoms. The van der Waals surface area contributed by atoms with E-state index in [1.54, 1.807) is 18.2 Å². The van der Waals surface area contributed by atoms with Gasteiger partial charge in [0, 0.05) is 11.5 Å². The van der Waals surface area contributed by atoms with Gasteiger partial charge in [0.15, 0.2) is 5.69 Å². The molecule has 0 aliphatic carbocycles. The molecule has 4 heteroatoms. The van der Waals surface area contributed by atoms with E-state index in [-0.39, 0.29) is 5.69 Å². The van der Waals surface area contributed by atoms with Gasteiger partial charge >= 0.3 is 5.97 Å². The number of carboxylic acid groups (broad SMARTS) is 1. The summed E-state index contributed by atoms with van der Waals surface area (Å²) >= 11 is 0. The molecule has 0 aliphatic rings. The SMILES string of the molecule is C=CCOc1cc(C(=O)O)nc2ccccc12. The standard InChI is InChI=1S/C13H11NO3/c1-2-7-17-12-8-11(13(15)16)14-10-6-4-3-5-9(10)12/h2-6,8H,1,7H2,(H,15,16). The number of rotatable bonds is 4. The number of nitrogens with zero attached hydrogens (tertiary/aromatic N) is 1. The molecule has 1 aromatic heterocycles. The smallest absolute Gasteiger partial charge is 0.354 e. The van der Waals surface area contributed by atoms with E-state index in [0.29, 0.717) is 17.9 Å². The van der Waals surface area contributed by atoms with E-state index in [9.17, 15) is 4.79 Å². The Morgan fingerprint density at radius 3 is 2.94 bits per heavy atom. The number of aromatic nitrogens is 1. The van der Waals surface area contributed by atoms with Gasteiger partial charge in [0.1, 0.15) is 12.4 Å². The topological polar surface area (TPSA) is 59.4 Å².